The van der Waals surface area contributed by atoms with Crippen molar-refractivity contribution in [3.05, 3.63) is 45.2 Å². The first kappa shape index (κ1) is 14.7. The minimum absolute atomic E-state index is 0.00558. The molecule has 0 spiro atoms. The molecule has 20 heavy (non-hydrogen) atoms. The molecule has 0 saturated carbocycles. The van der Waals surface area contributed by atoms with Gasteiger partial charge in [0.15, 0.2) is 0 Å². The van der Waals surface area contributed by atoms with Gasteiger partial charge in [-0.25, -0.2) is 9.97 Å². The Balaban J connectivity index is 2.38. The number of carbonyl (C=O) groups is 1. The van der Waals surface area contributed by atoms with Crippen LogP contribution in [0.5, 0.6) is 0 Å². The lowest BCUT2D eigenvalue weighted by atomic mass is 10.0. The van der Waals surface area contributed by atoms with Gasteiger partial charge < -0.3 is 5.11 Å². The molecule has 0 aliphatic rings. The third kappa shape index (κ3) is 3.42. The highest BCUT2D eigenvalue weighted by molar-refractivity contribution is 7.09. The third-order valence-electron chi connectivity index (χ3n) is 3.13. The van der Waals surface area contributed by atoms with Gasteiger partial charge in [0.2, 0.25) is 0 Å². The monoisotopic (exact) mass is 290 g/mol. The Kier molecular flexibility index (Phi) is 4.84. The van der Waals surface area contributed by atoms with Crippen molar-refractivity contribution >= 4 is 17.3 Å². The van der Waals surface area contributed by atoms with Gasteiger partial charge in [-0.3, -0.25) is 4.79 Å². The number of thiophene rings is 1. The highest BCUT2D eigenvalue weighted by Crippen LogP contribution is 2.18. The van der Waals surface area contributed by atoms with Crippen molar-refractivity contribution in [1.29, 1.82) is 0 Å². The highest BCUT2D eigenvalue weighted by Gasteiger charge is 2.15. The lowest BCUT2D eigenvalue weighted by molar-refractivity contribution is -0.136. The fourth-order valence-corrected chi connectivity index (χ4v) is 2.93. The number of carboxylic acid groups (broad SMARTS) is 1. The van der Waals surface area contributed by atoms with Crippen LogP contribution in [0.25, 0.3) is 0 Å². The summed E-state index contributed by atoms with van der Waals surface area (Å²) >= 11 is 1.69. The van der Waals surface area contributed by atoms with Crippen LogP contribution in [0.15, 0.2) is 17.5 Å². The fourth-order valence-electron chi connectivity index (χ4n) is 2.23. The maximum atomic E-state index is 11.0. The molecule has 106 valence electrons. The van der Waals surface area contributed by atoms with Crippen LogP contribution in [-0.2, 0) is 30.5 Å². The van der Waals surface area contributed by atoms with Crippen LogP contribution in [0, 0.1) is 0 Å². The Bertz CT molecular complexity index is 569. The summed E-state index contributed by atoms with van der Waals surface area (Å²) in [6.45, 7) is 4.00. The zero-order valence-corrected chi connectivity index (χ0v) is 12.5. The molecule has 0 radical (unpaired) electrons. The number of nitrogens with zero attached hydrogens (tertiary/aromatic N) is 2. The SMILES string of the molecule is CCc1nc(Cc2cccs2)nc(CC)c1CC(=O)O. The molecule has 0 aromatic carbocycles. The summed E-state index contributed by atoms with van der Waals surface area (Å²) in [5, 5.41) is 11.1. The van der Waals surface area contributed by atoms with Crippen LogP contribution in [0.4, 0.5) is 0 Å². The zero-order chi connectivity index (χ0) is 14.5. The molecule has 0 aliphatic heterocycles. The second-order valence-electron chi connectivity index (χ2n) is 4.55. The molecule has 0 fully saturated rings. The van der Waals surface area contributed by atoms with E-state index in [1.165, 1.54) is 4.88 Å². The Morgan fingerprint density at radius 3 is 2.35 bits per heavy atom. The Labute approximate surface area is 122 Å². The Hall–Kier alpha value is -1.75. The summed E-state index contributed by atoms with van der Waals surface area (Å²) in [7, 11) is 0. The molecule has 1 N–H and O–H groups in total. The molecule has 0 aliphatic carbocycles. The maximum absolute atomic E-state index is 11.0. The van der Waals surface area contributed by atoms with Gasteiger partial charge in [0.25, 0.3) is 0 Å². The molecule has 2 aromatic heterocycles. The number of hydrogen-bond donors (Lipinski definition) is 1. The third-order valence-corrected chi connectivity index (χ3v) is 4.01. The van der Waals surface area contributed by atoms with E-state index in [2.05, 4.69) is 16.0 Å². The first-order chi connectivity index (χ1) is 9.63. The second-order valence-corrected chi connectivity index (χ2v) is 5.58. The predicted octanol–water partition coefficient (Wildman–Crippen LogP) is 2.88. The van der Waals surface area contributed by atoms with Crippen LogP contribution in [0.2, 0.25) is 0 Å². The van der Waals surface area contributed by atoms with E-state index < -0.39 is 5.97 Å². The van der Waals surface area contributed by atoms with Crippen molar-refractivity contribution in [2.24, 2.45) is 0 Å². The standard InChI is InChI=1S/C15H18N2O2S/c1-3-12-11(9-15(18)19)13(4-2)17-14(16-12)8-10-6-5-7-20-10/h5-7H,3-4,8-9H2,1-2H3,(H,18,19). The quantitative estimate of drug-likeness (QED) is 0.888. The van der Waals surface area contributed by atoms with E-state index in [4.69, 9.17) is 5.11 Å². The van der Waals surface area contributed by atoms with Crippen molar-refractivity contribution in [3.63, 3.8) is 0 Å². The van der Waals surface area contributed by atoms with Gasteiger partial charge in [0.1, 0.15) is 5.82 Å². The molecule has 2 heterocycles. The van der Waals surface area contributed by atoms with Crippen molar-refractivity contribution in [3.8, 4) is 0 Å². The molecule has 0 bridgehead atoms. The van der Waals surface area contributed by atoms with Crippen LogP contribution < -0.4 is 0 Å². The molecule has 2 aromatic rings. The largest absolute Gasteiger partial charge is 0.481 e. The predicted molar refractivity (Wildman–Crippen MR) is 79.3 cm³/mol. The van der Waals surface area contributed by atoms with E-state index >= 15 is 0 Å². The normalized spacial score (nSPS) is 10.7. The zero-order valence-electron chi connectivity index (χ0n) is 11.7. The van der Waals surface area contributed by atoms with Gasteiger partial charge in [-0.15, -0.1) is 11.3 Å². The highest BCUT2D eigenvalue weighted by atomic mass is 32.1. The molecule has 0 unspecified atom stereocenters. The molecule has 4 nitrogen and oxygen atoms in total. The maximum Gasteiger partial charge on any atom is 0.307 e. The smallest absolute Gasteiger partial charge is 0.307 e. The molecule has 5 heteroatoms. The van der Waals surface area contributed by atoms with Gasteiger partial charge in [-0.05, 0) is 24.3 Å². The van der Waals surface area contributed by atoms with Crippen molar-refractivity contribution in [1.82, 2.24) is 9.97 Å². The van der Waals surface area contributed by atoms with Crippen LogP contribution in [-0.4, -0.2) is 21.0 Å². The number of carboxylic acids is 1. The number of rotatable bonds is 6. The molecule has 0 saturated heterocycles. The lowest BCUT2D eigenvalue weighted by Gasteiger charge is -2.12. The molecular weight excluding hydrogens is 272 g/mol. The molecule has 2 rings (SSSR count). The molecule has 0 atom stereocenters. The van der Waals surface area contributed by atoms with Crippen molar-refractivity contribution in [2.75, 3.05) is 0 Å². The van der Waals surface area contributed by atoms with E-state index in [0.717, 1.165) is 35.6 Å². The van der Waals surface area contributed by atoms with E-state index in [1.807, 2.05) is 25.3 Å². The van der Waals surface area contributed by atoms with Gasteiger partial charge in [0.05, 0.1) is 6.42 Å². The first-order valence-corrected chi connectivity index (χ1v) is 7.63. The van der Waals surface area contributed by atoms with E-state index in [-0.39, 0.29) is 6.42 Å². The fraction of sp³-hybridized carbons (Fsp3) is 0.400. The molecular formula is C15H18N2O2S. The van der Waals surface area contributed by atoms with Crippen LogP contribution in [0.1, 0.15) is 41.5 Å². The van der Waals surface area contributed by atoms with Crippen molar-refractivity contribution in [2.45, 2.75) is 39.5 Å². The number of aryl methyl sites for hydroxylation is 2. The second kappa shape index (κ2) is 6.61. The number of aromatic nitrogens is 2. The summed E-state index contributed by atoms with van der Waals surface area (Å²) in [6, 6.07) is 4.08. The number of hydrogen-bond acceptors (Lipinski definition) is 4. The Morgan fingerprint density at radius 2 is 1.90 bits per heavy atom. The molecule has 0 amide bonds. The average Bonchev–Trinajstić information content (AvgIpc) is 2.92. The first-order valence-electron chi connectivity index (χ1n) is 6.75. The van der Waals surface area contributed by atoms with Crippen molar-refractivity contribution < 1.29 is 9.90 Å². The summed E-state index contributed by atoms with van der Waals surface area (Å²) in [6.07, 6.45) is 2.18. The lowest BCUT2D eigenvalue weighted by Crippen LogP contribution is -2.13. The average molecular weight is 290 g/mol. The van der Waals surface area contributed by atoms with Gasteiger partial charge in [-0.1, -0.05) is 19.9 Å². The Morgan fingerprint density at radius 1 is 1.25 bits per heavy atom. The minimum Gasteiger partial charge on any atom is -0.481 e. The van der Waals surface area contributed by atoms with E-state index in [0.29, 0.717) is 6.42 Å². The van der Waals surface area contributed by atoms with Gasteiger partial charge in [-0.2, -0.15) is 0 Å². The van der Waals surface area contributed by atoms with Gasteiger partial charge in [0, 0.05) is 28.2 Å². The summed E-state index contributed by atoms with van der Waals surface area (Å²) in [4.78, 5) is 21.3. The van der Waals surface area contributed by atoms with E-state index in [9.17, 15) is 4.79 Å². The van der Waals surface area contributed by atoms with Crippen LogP contribution in [0.3, 0.4) is 0 Å². The van der Waals surface area contributed by atoms with Crippen LogP contribution >= 0.6 is 11.3 Å². The summed E-state index contributed by atoms with van der Waals surface area (Å²) in [5.41, 5.74) is 2.52. The summed E-state index contributed by atoms with van der Waals surface area (Å²) < 4.78 is 0. The number of aliphatic carboxylic acids is 1. The van der Waals surface area contributed by atoms with E-state index in [1.54, 1.807) is 11.3 Å². The topological polar surface area (TPSA) is 63.1 Å². The summed E-state index contributed by atoms with van der Waals surface area (Å²) in [5.74, 6) is -0.0423. The minimum atomic E-state index is -0.830. The van der Waals surface area contributed by atoms with Gasteiger partial charge >= 0.3 is 5.97 Å².